The zero-order chi connectivity index (χ0) is 14.8. The van der Waals surface area contributed by atoms with Crippen molar-refractivity contribution < 1.29 is 4.79 Å². The molecule has 1 aromatic heterocycles. The first-order valence-corrected chi connectivity index (χ1v) is 8.12. The van der Waals surface area contributed by atoms with Gasteiger partial charge in [0.05, 0.1) is 12.1 Å². The fourth-order valence-electron chi connectivity index (χ4n) is 3.83. The van der Waals surface area contributed by atoms with Gasteiger partial charge in [0.1, 0.15) is 0 Å². The number of hydrogen-bond donors (Lipinski definition) is 1. The van der Waals surface area contributed by atoms with Gasteiger partial charge in [-0.15, -0.1) is 0 Å². The van der Waals surface area contributed by atoms with E-state index >= 15 is 0 Å². The highest BCUT2D eigenvalue weighted by Gasteiger charge is 2.37. The Hall–Kier alpha value is -1.36. The van der Waals surface area contributed by atoms with Crippen molar-refractivity contribution in [2.75, 3.05) is 20.1 Å². The van der Waals surface area contributed by atoms with Gasteiger partial charge in [-0.1, -0.05) is 19.3 Å². The third-order valence-corrected chi connectivity index (χ3v) is 5.15. The van der Waals surface area contributed by atoms with Gasteiger partial charge in [-0.2, -0.15) is 5.10 Å². The van der Waals surface area contributed by atoms with Gasteiger partial charge in [-0.25, -0.2) is 0 Å². The van der Waals surface area contributed by atoms with Crippen molar-refractivity contribution in [1.29, 1.82) is 0 Å². The number of carbonyl (C=O) groups is 1. The maximum Gasteiger partial charge on any atom is 0.227 e. The fourth-order valence-corrected chi connectivity index (χ4v) is 3.83. The van der Waals surface area contributed by atoms with E-state index in [1.807, 2.05) is 36.1 Å². The molecule has 3 rings (SSSR count). The van der Waals surface area contributed by atoms with E-state index in [2.05, 4.69) is 10.4 Å². The monoisotopic (exact) mass is 290 g/mol. The van der Waals surface area contributed by atoms with Crippen molar-refractivity contribution in [3.8, 4) is 0 Å². The third-order valence-electron chi connectivity index (χ3n) is 5.15. The van der Waals surface area contributed by atoms with Gasteiger partial charge >= 0.3 is 0 Å². The summed E-state index contributed by atoms with van der Waals surface area (Å²) in [5.74, 6) is 0.624. The second-order valence-electron chi connectivity index (χ2n) is 6.56. The largest absolute Gasteiger partial charge is 0.342 e. The van der Waals surface area contributed by atoms with Crippen molar-refractivity contribution in [1.82, 2.24) is 20.0 Å². The molecule has 5 nitrogen and oxygen atoms in total. The number of aromatic nitrogens is 2. The van der Waals surface area contributed by atoms with E-state index in [0.29, 0.717) is 11.9 Å². The average molecular weight is 290 g/mol. The summed E-state index contributed by atoms with van der Waals surface area (Å²) in [5, 5.41) is 7.64. The van der Waals surface area contributed by atoms with E-state index in [-0.39, 0.29) is 11.8 Å². The molecule has 1 saturated heterocycles. The molecule has 2 atom stereocenters. The predicted octanol–water partition coefficient (Wildman–Crippen LogP) is 1.51. The van der Waals surface area contributed by atoms with E-state index < -0.39 is 0 Å². The molecular formula is C16H26N4O. The maximum absolute atomic E-state index is 12.9. The minimum atomic E-state index is 0.0566. The van der Waals surface area contributed by atoms with Gasteiger partial charge in [-0.3, -0.25) is 9.48 Å². The number of amides is 1. The Morgan fingerprint density at radius 1 is 1.33 bits per heavy atom. The number of rotatable bonds is 3. The van der Waals surface area contributed by atoms with Crippen LogP contribution in [0.15, 0.2) is 12.4 Å². The van der Waals surface area contributed by atoms with E-state index in [0.717, 1.165) is 13.1 Å². The molecule has 21 heavy (non-hydrogen) atoms. The summed E-state index contributed by atoms with van der Waals surface area (Å²) in [5.41, 5.74) is 1.18. The zero-order valence-electron chi connectivity index (χ0n) is 13.1. The number of nitrogens with zero attached hydrogens (tertiary/aromatic N) is 3. The number of aryl methyl sites for hydroxylation is 1. The Labute approximate surface area is 126 Å². The smallest absolute Gasteiger partial charge is 0.227 e. The van der Waals surface area contributed by atoms with Crippen LogP contribution in [0.2, 0.25) is 0 Å². The summed E-state index contributed by atoms with van der Waals surface area (Å²) in [4.78, 5) is 14.9. The average Bonchev–Trinajstić information content (AvgIpc) is 3.15. The highest BCUT2D eigenvalue weighted by molar-refractivity contribution is 5.80. The van der Waals surface area contributed by atoms with Crippen molar-refractivity contribution >= 4 is 5.91 Å². The topological polar surface area (TPSA) is 50.2 Å². The molecule has 5 heteroatoms. The van der Waals surface area contributed by atoms with Crippen LogP contribution in [0.1, 0.15) is 43.6 Å². The van der Waals surface area contributed by atoms with Crippen LogP contribution < -0.4 is 5.32 Å². The maximum atomic E-state index is 12.9. The lowest BCUT2D eigenvalue weighted by Gasteiger charge is -2.34. The molecule has 0 unspecified atom stereocenters. The van der Waals surface area contributed by atoms with Gasteiger partial charge < -0.3 is 10.2 Å². The number of hydrogen-bond acceptors (Lipinski definition) is 3. The van der Waals surface area contributed by atoms with Crippen LogP contribution in [-0.4, -0.2) is 46.8 Å². The molecule has 1 aromatic rings. The molecule has 2 aliphatic rings. The molecule has 2 heterocycles. The zero-order valence-corrected chi connectivity index (χ0v) is 13.1. The van der Waals surface area contributed by atoms with E-state index in [1.165, 1.54) is 37.7 Å². The lowest BCUT2D eigenvalue weighted by molar-refractivity contribution is -0.136. The van der Waals surface area contributed by atoms with Crippen LogP contribution in [-0.2, 0) is 11.8 Å². The standard InChI is InChI=1S/C16H26N4O/c1-19-11-12(8-18-19)14-9-17-10-15(14)16(21)20(2)13-6-4-3-5-7-13/h8,11,13-15,17H,3-7,9-10H2,1-2H3/t14-,15+/m1/s1. The summed E-state index contributed by atoms with van der Waals surface area (Å²) < 4.78 is 1.82. The van der Waals surface area contributed by atoms with Crippen molar-refractivity contribution in [3.05, 3.63) is 18.0 Å². The van der Waals surface area contributed by atoms with Crippen LogP contribution in [0.5, 0.6) is 0 Å². The van der Waals surface area contributed by atoms with Crippen LogP contribution in [0.25, 0.3) is 0 Å². The van der Waals surface area contributed by atoms with Gasteiger partial charge in [0.2, 0.25) is 5.91 Å². The first-order valence-electron chi connectivity index (χ1n) is 8.12. The molecule has 116 valence electrons. The second kappa shape index (κ2) is 6.18. The van der Waals surface area contributed by atoms with Crippen molar-refractivity contribution in [2.45, 2.75) is 44.1 Å². The van der Waals surface area contributed by atoms with E-state index in [4.69, 9.17) is 0 Å². The molecule has 0 bridgehead atoms. The molecule has 0 aromatic carbocycles. The lowest BCUT2D eigenvalue weighted by atomic mass is 9.88. The van der Waals surface area contributed by atoms with Gasteiger partial charge in [0, 0.05) is 45.3 Å². The second-order valence-corrected chi connectivity index (χ2v) is 6.56. The molecule has 1 aliphatic carbocycles. The third kappa shape index (κ3) is 2.98. The lowest BCUT2D eigenvalue weighted by Crippen LogP contribution is -2.43. The van der Waals surface area contributed by atoms with Crippen LogP contribution in [0, 0.1) is 5.92 Å². The Morgan fingerprint density at radius 3 is 2.76 bits per heavy atom. The van der Waals surface area contributed by atoms with Crippen molar-refractivity contribution in [3.63, 3.8) is 0 Å². The molecular weight excluding hydrogens is 264 g/mol. The van der Waals surface area contributed by atoms with E-state index in [1.54, 1.807) is 0 Å². The molecule has 0 spiro atoms. The minimum absolute atomic E-state index is 0.0566. The van der Waals surface area contributed by atoms with Crippen molar-refractivity contribution in [2.24, 2.45) is 13.0 Å². The molecule has 1 aliphatic heterocycles. The summed E-state index contributed by atoms with van der Waals surface area (Å²) in [6, 6.07) is 0.446. The van der Waals surface area contributed by atoms with Gasteiger partial charge in [0.15, 0.2) is 0 Å². The van der Waals surface area contributed by atoms with Crippen LogP contribution in [0.4, 0.5) is 0 Å². The van der Waals surface area contributed by atoms with Gasteiger partial charge in [0.25, 0.3) is 0 Å². The Kier molecular flexibility index (Phi) is 4.29. The predicted molar refractivity (Wildman–Crippen MR) is 82.0 cm³/mol. The summed E-state index contributed by atoms with van der Waals surface area (Å²) in [6.07, 6.45) is 10.1. The van der Waals surface area contributed by atoms with E-state index in [9.17, 15) is 4.79 Å². The Morgan fingerprint density at radius 2 is 2.10 bits per heavy atom. The first-order chi connectivity index (χ1) is 10.2. The highest BCUT2D eigenvalue weighted by Crippen LogP contribution is 2.31. The quantitative estimate of drug-likeness (QED) is 0.918. The SMILES string of the molecule is CN(C(=O)[C@H]1CNC[C@@H]1c1cnn(C)c1)C1CCCCC1. The minimum Gasteiger partial charge on any atom is -0.342 e. The van der Waals surface area contributed by atoms with Gasteiger partial charge in [-0.05, 0) is 18.4 Å². The number of nitrogens with one attached hydrogen (secondary N) is 1. The molecule has 1 amide bonds. The Bertz CT molecular complexity index is 492. The molecule has 1 N–H and O–H groups in total. The molecule has 1 saturated carbocycles. The molecule has 0 radical (unpaired) electrons. The van der Waals surface area contributed by atoms with Crippen LogP contribution in [0.3, 0.4) is 0 Å². The summed E-state index contributed by atoms with van der Waals surface area (Å²) >= 11 is 0. The summed E-state index contributed by atoms with van der Waals surface area (Å²) in [6.45, 7) is 1.66. The molecule has 2 fully saturated rings. The highest BCUT2D eigenvalue weighted by atomic mass is 16.2. The fraction of sp³-hybridized carbons (Fsp3) is 0.750. The number of carbonyl (C=O) groups excluding carboxylic acids is 1. The van der Waals surface area contributed by atoms with Crippen LogP contribution >= 0.6 is 0 Å². The Balaban J connectivity index is 1.70. The normalized spacial score (nSPS) is 27.0. The first kappa shape index (κ1) is 14.6. The summed E-state index contributed by atoms with van der Waals surface area (Å²) in [7, 11) is 3.92.